The Kier molecular flexibility index (Phi) is 3.79. The highest BCUT2D eigenvalue weighted by Crippen LogP contribution is 2.33. The molecule has 0 bridgehead atoms. The summed E-state index contributed by atoms with van der Waals surface area (Å²) in [5.41, 5.74) is 6.08. The number of hydrogen-bond donors (Lipinski definition) is 2. The van der Waals surface area contributed by atoms with E-state index in [1.165, 1.54) is 18.2 Å². The Morgan fingerprint density at radius 3 is 2.37 bits per heavy atom. The lowest BCUT2D eigenvalue weighted by atomic mass is 10.3. The molecular formula is C12H11BrN2O3S. The highest BCUT2D eigenvalue weighted by Gasteiger charge is 2.12. The lowest BCUT2D eigenvalue weighted by Gasteiger charge is -2.11. The third-order valence-electron chi connectivity index (χ3n) is 2.37. The first-order chi connectivity index (χ1) is 8.88. The van der Waals surface area contributed by atoms with Gasteiger partial charge < -0.3 is 10.5 Å². The van der Waals surface area contributed by atoms with Gasteiger partial charge in [-0.05, 0) is 40.2 Å². The fraction of sp³-hybridized carbons (Fsp3) is 0. The zero-order valence-electron chi connectivity index (χ0n) is 9.71. The molecular weight excluding hydrogens is 332 g/mol. The number of anilines is 1. The van der Waals surface area contributed by atoms with Crippen molar-refractivity contribution in [1.29, 1.82) is 0 Å². The molecule has 0 amide bonds. The molecule has 4 N–H and O–H groups in total. The van der Waals surface area contributed by atoms with Gasteiger partial charge in [0.1, 0.15) is 5.75 Å². The Balaban J connectivity index is 2.43. The van der Waals surface area contributed by atoms with Gasteiger partial charge in [0.25, 0.3) is 0 Å². The van der Waals surface area contributed by atoms with E-state index < -0.39 is 10.0 Å². The molecule has 0 fully saturated rings. The van der Waals surface area contributed by atoms with Crippen LogP contribution in [0.1, 0.15) is 0 Å². The molecule has 19 heavy (non-hydrogen) atoms. The Morgan fingerprint density at radius 2 is 1.74 bits per heavy atom. The van der Waals surface area contributed by atoms with Crippen LogP contribution in [0.15, 0.2) is 51.8 Å². The van der Waals surface area contributed by atoms with Crippen molar-refractivity contribution < 1.29 is 13.2 Å². The van der Waals surface area contributed by atoms with Crippen molar-refractivity contribution in [3.05, 3.63) is 46.9 Å². The predicted octanol–water partition coefficient (Wildman–Crippen LogP) is 2.47. The molecule has 0 aromatic heterocycles. The second-order valence-electron chi connectivity index (χ2n) is 3.78. The van der Waals surface area contributed by atoms with E-state index in [1.54, 1.807) is 18.2 Å². The van der Waals surface area contributed by atoms with Crippen molar-refractivity contribution in [2.45, 2.75) is 4.90 Å². The SMILES string of the molecule is Nc1ccc(S(N)(=O)=O)cc1Oc1ccccc1Br. The highest BCUT2D eigenvalue weighted by atomic mass is 79.9. The summed E-state index contributed by atoms with van der Waals surface area (Å²) in [5, 5.41) is 5.07. The quantitative estimate of drug-likeness (QED) is 0.837. The maximum Gasteiger partial charge on any atom is 0.238 e. The molecule has 0 heterocycles. The van der Waals surface area contributed by atoms with Crippen LogP contribution in [0.5, 0.6) is 11.5 Å². The van der Waals surface area contributed by atoms with Gasteiger partial charge in [-0.1, -0.05) is 12.1 Å². The molecule has 0 aliphatic carbocycles. The van der Waals surface area contributed by atoms with Gasteiger partial charge in [0.05, 0.1) is 15.1 Å². The van der Waals surface area contributed by atoms with E-state index in [9.17, 15) is 8.42 Å². The molecule has 2 rings (SSSR count). The highest BCUT2D eigenvalue weighted by molar-refractivity contribution is 9.10. The minimum atomic E-state index is -3.79. The normalized spacial score (nSPS) is 11.3. The van der Waals surface area contributed by atoms with Crippen LogP contribution in [-0.2, 0) is 10.0 Å². The molecule has 2 aromatic carbocycles. The molecule has 7 heteroatoms. The van der Waals surface area contributed by atoms with E-state index in [4.69, 9.17) is 15.6 Å². The fourth-order valence-corrected chi connectivity index (χ4v) is 2.32. The van der Waals surface area contributed by atoms with Crippen molar-refractivity contribution in [3.63, 3.8) is 0 Å². The van der Waals surface area contributed by atoms with E-state index in [1.807, 2.05) is 6.07 Å². The number of sulfonamides is 1. The average Bonchev–Trinajstić information content (AvgIpc) is 2.33. The zero-order chi connectivity index (χ0) is 14.0. The first-order valence-electron chi connectivity index (χ1n) is 5.22. The van der Waals surface area contributed by atoms with Crippen LogP contribution in [0.3, 0.4) is 0 Å². The summed E-state index contributed by atoms with van der Waals surface area (Å²) in [5.74, 6) is 0.763. The van der Waals surface area contributed by atoms with Gasteiger partial charge in [-0.25, -0.2) is 13.6 Å². The summed E-state index contributed by atoms with van der Waals surface area (Å²) < 4.78 is 28.9. The van der Waals surface area contributed by atoms with Gasteiger partial charge in [0.15, 0.2) is 5.75 Å². The van der Waals surface area contributed by atoms with Crippen LogP contribution in [0, 0.1) is 0 Å². The van der Waals surface area contributed by atoms with Crippen molar-refractivity contribution in [3.8, 4) is 11.5 Å². The van der Waals surface area contributed by atoms with Crippen molar-refractivity contribution in [2.75, 3.05) is 5.73 Å². The van der Waals surface area contributed by atoms with Gasteiger partial charge in [0.2, 0.25) is 10.0 Å². The monoisotopic (exact) mass is 342 g/mol. The number of para-hydroxylation sites is 1. The molecule has 0 saturated carbocycles. The molecule has 0 aliphatic heterocycles. The first-order valence-corrected chi connectivity index (χ1v) is 7.56. The van der Waals surface area contributed by atoms with Crippen LogP contribution in [-0.4, -0.2) is 8.42 Å². The molecule has 0 saturated heterocycles. The second kappa shape index (κ2) is 5.20. The molecule has 0 aliphatic rings. The summed E-state index contributed by atoms with van der Waals surface area (Å²) in [6.07, 6.45) is 0. The predicted molar refractivity (Wildman–Crippen MR) is 76.4 cm³/mol. The number of primary sulfonamides is 1. The van der Waals surface area contributed by atoms with Gasteiger partial charge in [-0.15, -0.1) is 0 Å². The number of nitrogens with two attached hydrogens (primary N) is 2. The van der Waals surface area contributed by atoms with Gasteiger partial charge >= 0.3 is 0 Å². The molecule has 0 unspecified atom stereocenters. The molecule has 0 spiro atoms. The van der Waals surface area contributed by atoms with Crippen LogP contribution in [0.2, 0.25) is 0 Å². The lowest BCUT2D eigenvalue weighted by Crippen LogP contribution is -2.12. The minimum Gasteiger partial charge on any atom is -0.454 e. The van der Waals surface area contributed by atoms with Crippen LogP contribution >= 0.6 is 15.9 Å². The van der Waals surface area contributed by atoms with Gasteiger partial charge in [-0.2, -0.15) is 0 Å². The molecule has 0 atom stereocenters. The molecule has 100 valence electrons. The van der Waals surface area contributed by atoms with E-state index in [-0.39, 0.29) is 10.6 Å². The average molecular weight is 343 g/mol. The van der Waals surface area contributed by atoms with E-state index in [0.29, 0.717) is 11.4 Å². The maximum absolute atomic E-state index is 11.3. The van der Waals surface area contributed by atoms with E-state index in [2.05, 4.69) is 15.9 Å². The van der Waals surface area contributed by atoms with Crippen molar-refractivity contribution in [1.82, 2.24) is 0 Å². The third kappa shape index (κ3) is 3.25. The van der Waals surface area contributed by atoms with E-state index >= 15 is 0 Å². The molecule has 2 aromatic rings. The topological polar surface area (TPSA) is 95.4 Å². The number of rotatable bonds is 3. The summed E-state index contributed by atoms with van der Waals surface area (Å²) >= 11 is 3.33. The largest absolute Gasteiger partial charge is 0.454 e. The third-order valence-corrected chi connectivity index (χ3v) is 3.94. The number of nitrogen functional groups attached to an aromatic ring is 1. The summed E-state index contributed by atoms with van der Waals surface area (Å²) in [6.45, 7) is 0. The Labute approximate surface area is 119 Å². The zero-order valence-corrected chi connectivity index (χ0v) is 12.1. The second-order valence-corrected chi connectivity index (χ2v) is 6.19. The van der Waals surface area contributed by atoms with Gasteiger partial charge in [-0.3, -0.25) is 0 Å². The van der Waals surface area contributed by atoms with Crippen molar-refractivity contribution in [2.24, 2.45) is 5.14 Å². The Morgan fingerprint density at radius 1 is 1.05 bits per heavy atom. The van der Waals surface area contributed by atoms with Crippen LogP contribution in [0.25, 0.3) is 0 Å². The minimum absolute atomic E-state index is 0.0521. The van der Waals surface area contributed by atoms with E-state index in [0.717, 1.165) is 4.47 Å². The van der Waals surface area contributed by atoms with Crippen molar-refractivity contribution >= 4 is 31.6 Å². The standard InChI is InChI=1S/C12H11BrN2O3S/c13-9-3-1-2-4-11(9)18-12-7-8(19(15,16)17)5-6-10(12)14/h1-7H,14H2,(H2,15,16,17). The summed E-state index contributed by atoms with van der Waals surface area (Å²) in [4.78, 5) is -0.0521. The summed E-state index contributed by atoms with van der Waals surface area (Å²) in [7, 11) is -3.79. The lowest BCUT2D eigenvalue weighted by molar-refractivity contribution is 0.480. The number of benzene rings is 2. The molecule has 0 radical (unpaired) electrons. The van der Waals surface area contributed by atoms with Crippen LogP contribution < -0.4 is 15.6 Å². The number of ether oxygens (including phenoxy) is 1. The Hall–Kier alpha value is -1.57. The summed E-state index contributed by atoms with van der Waals surface area (Å²) in [6, 6.07) is 11.2. The smallest absolute Gasteiger partial charge is 0.238 e. The molecule has 5 nitrogen and oxygen atoms in total. The number of halogens is 1. The van der Waals surface area contributed by atoms with Gasteiger partial charge in [0, 0.05) is 6.07 Å². The van der Waals surface area contributed by atoms with Crippen LogP contribution in [0.4, 0.5) is 5.69 Å². The fourth-order valence-electron chi connectivity index (χ4n) is 1.43. The maximum atomic E-state index is 11.3. The number of hydrogen-bond acceptors (Lipinski definition) is 4. The first kappa shape index (κ1) is 13.9. The Bertz CT molecular complexity index is 717.